The van der Waals surface area contributed by atoms with Crippen molar-refractivity contribution < 1.29 is 85.1 Å². The summed E-state index contributed by atoms with van der Waals surface area (Å²) >= 11 is 5.68. The van der Waals surface area contributed by atoms with Gasteiger partial charge in [-0.3, -0.25) is 0 Å². The summed E-state index contributed by atoms with van der Waals surface area (Å²) in [6.07, 6.45) is 2.52. The number of nitrogens with zero attached hydrogens (tertiary/aromatic N) is 4. The van der Waals surface area contributed by atoms with Crippen molar-refractivity contribution in [3.05, 3.63) is 181 Å². The standard InChI is InChI=1S/C46H34N6O6S6.2Na/c53-63(54,55)39-27-33(47-45-49-41(59-35-13-5-1-6-14-35)29-42(50-45)60-36-15-7-2-8-16-36)25-23-31(39)21-22-32-24-26-34(28-40(32)64(56,57)58)48-46-51-43(61-37-17-9-3-10-18-37)30-44(52-46)62-38-19-11-4-12-20-38;;/h1-30H,(H,47,49,50)(H,48,51,52)(H,53,54,55)(H,56,57,58);;/q;2*+1/p-2/b22-21+;;. The van der Waals surface area contributed by atoms with E-state index in [1.165, 1.54) is 83.5 Å². The molecular formula is C46H32N6Na2O6S6. The Morgan fingerprint density at radius 3 is 0.924 bits per heavy atom. The summed E-state index contributed by atoms with van der Waals surface area (Å²) < 4.78 is 75.9. The molecule has 0 fully saturated rings. The maximum absolute atomic E-state index is 12.7. The van der Waals surface area contributed by atoms with Gasteiger partial charge in [0, 0.05) is 43.1 Å². The van der Waals surface area contributed by atoms with E-state index in [-0.39, 0.29) is 93.5 Å². The number of rotatable bonds is 16. The van der Waals surface area contributed by atoms with Crippen LogP contribution < -0.4 is 69.7 Å². The van der Waals surface area contributed by atoms with Crippen molar-refractivity contribution in [3.63, 3.8) is 0 Å². The topological polar surface area (TPSA) is 190 Å². The summed E-state index contributed by atoms with van der Waals surface area (Å²) in [4.78, 5) is 21.2. The van der Waals surface area contributed by atoms with Crippen LogP contribution in [0, 0.1) is 0 Å². The maximum atomic E-state index is 12.7. The minimum absolute atomic E-state index is 0. The Hall–Kier alpha value is -3.96. The third-order valence-corrected chi connectivity index (χ3v) is 14.2. The van der Waals surface area contributed by atoms with Gasteiger partial charge in [-0.1, -0.05) is 144 Å². The average Bonchev–Trinajstić information content (AvgIpc) is 3.27. The largest absolute Gasteiger partial charge is 1.00 e. The van der Waals surface area contributed by atoms with Crippen molar-refractivity contribution in [2.45, 2.75) is 49.5 Å². The molecule has 6 aromatic carbocycles. The Bertz CT molecular complexity index is 2850. The minimum atomic E-state index is -5.08. The summed E-state index contributed by atoms with van der Waals surface area (Å²) in [5.74, 6) is 0.322. The molecular weight excluding hydrogens is 971 g/mol. The Balaban J connectivity index is 0.00000360. The Morgan fingerprint density at radius 2 is 0.667 bits per heavy atom. The molecule has 12 nitrogen and oxygen atoms in total. The van der Waals surface area contributed by atoms with Crippen LogP contribution in [0.1, 0.15) is 11.1 Å². The molecule has 320 valence electrons. The summed E-state index contributed by atoms with van der Waals surface area (Å²) in [6.45, 7) is 0. The molecule has 2 aromatic heterocycles. The van der Waals surface area contributed by atoms with Crippen molar-refractivity contribution in [1.82, 2.24) is 19.9 Å². The molecule has 0 bridgehead atoms. The molecule has 2 N–H and O–H groups in total. The van der Waals surface area contributed by atoms with Gasteiger partial charge in [0.1, 0.15) is 40.3 Å². The third kappa shape index (κ3) is 14.8. The summed E-state index contributed by atoms with van der Waals surface area (Å²) in [7, 11) is -10.2. The monoisotopic (exact) mass is 1000 g/mol. The van der Waals surface area contributed by atoms with E-state index in [0.717, 1.165) is 31.7 Å². The number of benzene rings is 6. The number of nitrogens with one attached hydrogen (secondary N) is 2. The van der Waals surface area contributed by atoms with Crippen LogP contribution in [0.4, 0.5) is 23.3 Å². The summed E-state index contributed by atoms with van der Waals surface area (Å²) in [6, 6.07) is 50.4. The quantitative estimate of drug-likeness (QED) is 0.0545. The van der Waals surface area contributed by atoms with E-state index in [0.29, 0.717) is 20.1 Å². The van der Waals surface area contributed by atoms with E-state index < -0.39 is 30.0 Å². The fourth-order valence-corrected chi connectivity index (χ4v) is 10.8. The Labute approximate surface area is 443 Å². The molecule has 0 aliphatic heterocycles. The number of anilines is 4. The van der Waals surface area contributed by atoms with Gasteiger partial charge in [0.2, 0.25) is 11.9 Å². The second-order valence-electron chi connectivity index (χ2n) is 13.4. The van der Waals surface area contributed by atoms with Crippen LogP contribution in [0.15, 0.2) is 219 Å². The molecule has 2 heterocycles. The number of hydrogen-bond acceptors (Lipinski definition) is 16. The Morgan fingerprint density at radius 1 is 0.394 bits per heavy atom. The van der Waals surface area contributed by atoms with Crippen LogP contribution in [0.5, 0.6) is 0 Å². The van der Waals surface area contributed by atoms with E-state index in [1.807, 2.05) is 133 Å². The zero-order valence-corrected chi connectivity index (χ0v) is 43.9. The summed E-state index contributed by atoms with van der Waals surface area (Å²) in [5, 5.41) is 8.57. The van der Waals surface area contributed by atoms with E-state index >= 15 is 0 Å². The van der Waals surface area contributed by atoms with Crippen LogP contribution in [0.3, 0.4) is 0 Å². The van der Waals surface area contributed by atoms with Gasteiger partial charge in [-0.2, -0.15) is 0 Å². The SMILES string of the molecule is O=S(=O)([O-])c1cc(Nc2nc(Sc3ccccc3)cc(Sc3ccccc3)n2)ccc1/C=C/c1ccc(Nc2nc(Sc3ccccc3)cc(Sc3ccccc3)n2)cc1S(=O)(=O)[O-].[Na+].[Na+]. The molecule has 0 saturated carbocycles. The summed E-state index contributed by atoms with van der Waals surface area (Å²) in [5.41, 5.74) is 0.328. The molecule has 0 spiro atoms. The molecule has 8 rings (SSSR count). The van der Waals surface area contributed by atoms with Gasteiger partial charge in [-0.05, 0) is 83.9 Å². The fourth-order valence-electron chi connectivity index (χ4n) is 5.94. The third-order valence-electron chi connectivity index (χ3n) is 8.74. The van der Waals surface area contributed by atoms with Crippen LogP contribution in [0.2, 0.25) is 0 Å². The first-order valence-electron chi connectivity index (χ1n) is 19.0. The molecule has 0 aliphatic carbocycles. The maximum Gasteiger partial charge on any atom is 1.00 e. The molecule has 0 radical (unpaired) electrons. The molecule has 20 heteroatoms. The van der Waals surface area contributed by atoms with Crippen molar-refractivity contribution in [2.24, 2.45) is 0 Å². The second kappa shape index (κ2) is 23.9. The normalized spacial score (nSPS) is 11.4. The van der Waals surface area contributed by atoms with Crippen LogP contribution >= 0.6 is 47.0 Å². The molecule has 8 aromatic rings. The minimum Gasteiger partial charge on any atom is -0.744 e. The van der Waals surface area contributed by atoms with Crippen LogP contribution in [-0.4, -0.2) is 45.9 Å². The van der Waals surface area contributed by atoms with E-state index in [2.05, 4.69) is 30.6 Å². The molecule has 0 atom stereocenters. The van der Waals surface area contributed by atoms with Gasteiger partial charge < -0.3 is 19.7 Å². The first-order valence-corrected chi connectivity index (χ1v) is 25.1. The Kier molecular flexibility index (Phi) is 18.6. The zero-order valence-electron chi connectivity index (χ0n) is 35.0. The van der Waals surface area contributed by atoms with Gasteiger partial charge in [0.15, 0.2) is 0 Å². The predicted octanol–water partition coefficient (Wildman–Crippen LogP) is 5.35. The van der Waals surface area contributed by atoms with Gasteiger partial charge in [0.25, 0.3) is 0 Å². The van der Waals surface area contributed by atoms with Gasteiger partial charge in [-0.25, -0.2) is 36.8 Å². The van der Waals surface area contributed by atoms with E-state index in [4.69, 9.17) is 0 Å². The van der Waals surface area contributed by atoms with Crippen LogP contribution in [0.25, 0.3) is 12.2 Å². The first-order chi connectivity index (χ1) is 30.9. The van der Waals surface area contributed by atoms with Crippen molar-refractivity contribution in [2.75, 3.05) is 10.6 Å². The first kappa shape index (κ1) is 51.4. The predicted molar refractivity (Wildman–Crippen MR) is 251 cm³/mol. The smallest absolute Gasteiger partial charge is 0.744 e. The van der Waals surface area contributed by atoms with Crippen LogP contribution in [-0.2, 0) is 20.2 Å². The van der Waals surface area contributed by atoms with Gasteiger partial charge in [0.05, 0.1) is 9.79 Å². The second-order valence-corrected chi connectivity index (χ2v) is 20.5. The van der Waals surface area contributed by atoms with Gasteiger partial charge >= 0.3 is 59.1 Å². The fraction of sp³-hybridized carbons (Fsp3) is 0. The van der Waals surface area contributed by atoms with E-state index in [9.17, 15) is 25.9 Å². The van der Waals surface area contributed by atoms with Crippen molar-refractivity contribution in [1.29, 1.82) is 0 Å². The van der Waals surface area contributed by atoms with Crippen molar-refractivity contribution in [3.8, 4) is 0 Å². The molecule has 0 unspecified atom stereocenters. The molecule has 0 amide bonds. The number of aromatic nitrogens is 4. The van der Waals surface area contributed by atoms with Gasteiger partial charge in [-0.15, -0.1) is 0 Å². The van der Waals surface area contributed by atoms with Crippen molar-refractivity contribution >= 4 is 103 Å². The zero-order chi connectivity index (χ0) is 44.5. The number of hydrogen-bond donors (Lipinski definition) is 2. The molecule has 0 saturated heterocycles. The average molecular weight is 1000 g/mol. The molecule has 0 aliphatic rings. The molecule has 66 heavy (non-hydrogen) atoms. The van der Waals surface area contributed by atoms with E-state index in [1.54, 1.807) is 0 Å².